The largest absolute Gasteiger partial charge is 0.378 e. The lowest BCUT2D eigenvalue weighted by Crippen LogP contribution is -2.36. The number of ether oxygens (including phenoxy) is 1. The number of morpholine rings is 1. The van der Waals surface area contributed by atoms with Gasteiger partial charge < -0.3 is 15.0 Å². The van der Waals surface area contributed by atoms with Crippen LogP contribution in [0.1, 0.15) is 5.56 Å². The summed E-state index contributed by atoms with van der Waals surface area (Å²) in [5.74, 6) is -0.0331. The molecule has 0 unspecified atom stereocenters. The molecule has 178 valence electrons. The maximum atomic E-state index is 13.4. The van der Waals surface area contributed by atoms with Gasteiger partial charge in [-0.15, -0.1) is 0 Å². The minimum atomic E-state index is -0.160. The number of hydrogen-bond donors (Lipinski definition) is 1. The van der Waals surface area contributed by atoms with Gasteiger partial charge in [-0.3, -0.25) is 14.2 Å². The van der Waals surface area contributed by atoms with Crippen molar-refractivity contribution in [3.05, 3.63) is 88.7 Å². The van der Waals surface area contributed by atoms with Gasteiger partial charge in [0.25, 0.3) is 5.56 Å². The Morgan fingerprint density at radius 2 is 1.77 bits per heavy atom. The Balaban J connectivity index is 1.34. The molecule has 1 amide bonds. The molecule has 3 aromatic carbocycles. The number of carbonyl (C=O) groups excluding carboxylic acids is 1. The van der Waals surface area contributed by atoms with E-state index in [9.17, 15) is 9.59 Å². The number of benzene rings is 3. The zero-order valence-corrected chi connectivity index (χ0v) is 20.3. The van der Waals surface area contributed by atoms with E-state index in [2.05, 4.69) is 10.2 Å². The number of amides is 1. The van der Waals surface area contributed by atoms with Crippen molar-refractivity contribution in [1.29, 1.82) is 0 Å². The molecule has 0 saturated carbocycles. The summed E-state index contributed by atoms with van der Waals surface area (Å²) in [5, 5.41) is 3.97. The van der Waals surface area contributed by atoms with Crippen LogP contribution in [0.4, 0.5) is 11.4 Å². The molecule has 0 spiro atoms. The van der Waals surface area contributed by atoms with Gasteiger partial charge in [0.05, 0.1) is 35.6 Å². The normalized spacial score (nSPS) is 13.7. The molecule has 8 heteroatoms. The zero-order valence-electron chi connectivity index (χ0n) is 19.4. The molecule has 0 atom stereocenters. The van der Waals surface area contributed by atoms with Gasteiger partial charge in [0.1, 0.15) is 0 Å². The first-order valence-electron chi connectivity index (χ1n) is 11.5. The van der Waals surface area contributed by atoms with Crippen LogP contribution in [0.5, 0.6) is 0 Å². The number of rotatable bonds is 6. The standard InChI is InChI=1S/C27H26N4O3S/c1-19-5-4-6-22(17-19)31-26(33)23-7-2-3-8-24(23)29-27(31)35-18-25(32)28-20-9-11-21(12-10-20)30-13-15-34-16-14-30/h2-12,17H,13-16,18H2,1H3,(H,28,32). The van der Waals surface area contributed by atoms with Crippen molar-refractivity contribution in [3.8, 4) is 5.69 Å². The van der Waals surface area contributed by atoms with E-state index >= 15 is 0 Å². The fraction of sp³-hybridized carbons (Fsp3) is 0.222. The molecule has 0 aliphatic carbocycles. The highest BCUT2D eigenvalue weighted by atomic mass is 32.2. The van der Waals surface area contributed by atoms with Gasteiger partial charge in [0, 0.05) is 24.5 Å². The van der Waals surface area contributed by atoms with Crippen molar-refractivity contribution in [2.75, 3.05) is 42.3 Å². The van der Waals surface area contributed by atoms with Gasteiger partial charge in [-0.1, -0.05) is 36.0 Å². The summed E-state index contributed by atoms with van der Waals surface area (Å²) < 4.78 is 6.99. The van der Waals surface area contributed by atoms with E-state index < -0.39 is 0 Å². The molecule has 2 heterocycles. The Morgan fingerprint density at radius 3 is 2.54 bits per heavy atom. The molecule has 1 aliphatic rings. The maximum Gasteiger partial charge on any atom is 0.266 e. The second kappa shape index (κ2) is 10.3. The van der Waals surface area contributed by atoms with Gasteiger partial charge in [-0.25, -0.2) is 4.98 Å². The first kappa shape index (κ1) is 23.1. The molecule has 4 aromatic rings. The number of carbonyl (C=O) groups is 1. The molecule has 1 N–H and O–H groups in total. The lowest BCUT2D eigenvalue weighted by atomic mass is 10.2. The fourth-order valence-corrected chi connectivity index (χ4v) is 4.92. The average Bonchev–Trinajstić information content (AvgIpc) is 2.88. The summed E-state index contributed by atoms with van der Waals surface area (Å²) in [6.07, 6.45) is 0. The number of anilines is 2. The van der Waals surface area contributed by atoms with Crippen molar-refractivity contribution in [3.63, 3.8) is 0 Å². The van der Waals surface area contributed by atoms with E-state index in [0.717, 1.165) is 48.9 Å². The maximum absolute atomic E-state index is 13.4. The van der Waals surface area contributed by atoms with Crippen molar-refractivity contribution < 1.29 is 9.53 Å². The number of hydrogen-bond acceptors (Lipinski definition) is 6. The first-order chi connectivity index (χ1) is 17.1. The average molecular weight is 487 g/mol. The number of fused-ring (bicyclic) bond motifs is 1. The highest BCUT2D eigenvalue weighted by molar-refractivity contribution is 7.99. The van der Waals surface area contributed by atoms with Crippen molar-refractivity contribution in [1.82, 2.24) is 9.55 Å². The lowest BCUT2D eigenvalue weighted by Gasteiger charge is -2.28. The van der Waals surface area contributed by atoms with Crippen LogP contribution in [0.3, 0.4) is 0 Å². The van der Waals surface area contributed by atoms with E-state index in [1.54, 1.807) is 10.6 Å². The Bertz CT molecular complexity index is 1410. The predicted octanol–water partition coefficient (Wildman–Crippen LogP) is 4.26. The molecule has 1 saturated heterocycles. The number of thioether (sulfide) groups is 1. The Labute approximate surface area is 207 Å². The highest BCUT2D eigenvalue weighted by Gasteiger charge is 2.16. The molecule has 5 rings (SSSR count). The smallest absolute Gasteiger partial charge is 0.266 e. The van der Waals surface area contributed by atoms with Gasteiger partial charge in [0.2, 0.25) is 5.91 Å². The molecule has 35 heavy (non-hydrogen) atoms. The molecule has 1 aliphatic heterocycles. The first-order valence-corrected chi connectivity index (χ1v) is 12.5. The highest BCUT2D eigenvalue weighted by Crippen LogP contribution is 2.23. The van der Waals surface area contributed by atoms with E-state index in [-0.39, 0.29) is 17.2 Å². The lowest BCUT2D eigenvalue weighted by molar-refractivity contribution is -0.113. The van der Waals surface area contributed by atoms with Crippen LogP contribution in [-0.2, 0) is 9.53 Å². The van der Waals surface area contributed by atoms with Crippen LogP contribution >= 0.6 is 11.8 Å². The summed E-state index contributed by atoms with van der Waals surface area (Å²) in [5.41, 5.74) is 4.08. The van der Waals surface area contributed by atoms with Gasteiger partial charge >= 0.3 is 0 Å². The van der Waals surface area contributed by atoms with E-state index in [0.29, 0.717) is 16.1 Å². The topological polar surface area (TPSA) is 76.5 Å². The minimum Gasteiger partial charge on any atom is -0.378 e. The zero-order chi connectivity index (χ0) is 24.2. The van der Waals surface area contributed by atoms with Crippen LogP contribution in [0.25, 0.3) is 16.6 Å². The summed E-state index contributed by atoms with van der Waals surface area (Å²) in [7, 11) is 0. The molecular formula is C27H26N4O3S. The summed E-state index contributed by atoms with van der Waals surface area (Å²) in [6.45, 7) is 5.17. The van der Waals surface area contributed by atoms with E-state index in [4.69, 9.17) is 9.72 Å². The van der Waals surface area contributed by atoms with Crippen LogP contribution in [0.15, 0.2) is 82.7 Å². The number of para-hydroxylation sites is 1. The quantitative estimate of drug-likeness (QED) is 0.324. The van der Waals surface area contributed by atoms with Crippen LogP contribution in [-0.4, -0.2) is 47.5 Å². The van der Waals surface area contributed by atoms with Gasteiger partial charge in [-0.05, 0) is 61.0 Å². The summed E-state index contributed by atoms with van der Waals surface area (Å²) in [4.78, 5) is 33.1. The minimum absolute atomic E-state index is 0.127. The monoisotopic (exact) mass is 486 g/mol. The number of aromatic nitrogens is 2. The third kappa shape index (κ3) is 5.23. The van der Waals surface area contributed by atoms with Crippen molar-refractivity contribution in [2.45, 2.75) is 12.1 Å². The van der Waals surface area contributed by atoms with Crippen LogP contribution in [0.2, 0.25) is 0 Å². The van der Waals surface area contributed by atoms with Crippen LogP contribution < -0.4 is 15.8 Å². The molecular weight excluding hydrogens is 460 g/mol. The molecule has 1 aromatic heterocycles. The van der Waals surface area contributed by atoms with Gasteiger partial charge in [-0.2, -0.15) is 0 Å². The van der Waals surface area contributed by atoms with E-state index in [1.165, 1.54) is 11.8 Å². The van der Waals surface area contributed by atoms with E-state index in [1.807, 2.05) is 73.7 Å². The second-order valence-electron chi connectivity index (χ2n) is 8.37. The van der Waals surface area contributed by atoms with Gasteiger partial charge in [0.15, 0.2) is 5.16 Å². The Morgan fingerprint density at radius 1 is 1.00 bits per heavy atom. The molecule has 0 radical (unpaired) electrons. The summed E-state index contributed by atoms with van der Waals surface area (Å²) in [6, 6.07) is 22.8. The van der Waals surface area contributed by atoms with Crippen LogP contribution in [0, 0.1) is 6.92 Å². The SMILES string of the molecule is Cc1cccc(-n2c(SCC(=O)Nc3ccc(N4CCOCC4)cc3)nc3ccccc3c2=O)c1. The fourth-order valence-electron chi connectivity index (χ4n) is 4.11. The Hall–Kier alpha value is -3.62. The molecule has 7 nitrogen and oxygen atoms in total. The predicted molar refractivity (Wildman–Crippen MR) is 141 cm³/mol. The number of nitrogens with one attached hydrogen (secondary N) is 1. The van der Waals surface area contributed by atoms with Crippen molar-refractivity contribution in [2.24, 2.45) is 0 Å². The second-order valence-corrected chi connectivity index (χ2v) is 9.32. The third-order valence-electron chi connectivity index (χ3n) is 5.86. The number of nitrogens with zero attached hydrogens (tertiary/aromatic N) is 3. The van der Waals surface area contributed by atoms with Crippen molar-refractivity contribution >= 4 is 39.9 Å². The molecule has 1 fully saturated rings. The third-order valence-corrected chi connectivity index (χ3v) is 6.80. The molecule has 0 bridgehead atoms. The number of aryl methyl sites for hydroxylation is 1. The Kier molecular flexibility index (Phi) is 6.83. The summed E-state index contributed by atoms with van der Waals surface area (Å²) >= 11 is 1.25.